The van der Waals surface area contributed by atoms with Crippen molar-refractivity contribution in [1.29, 1.82) is 0 Å². The van der Waals surface area contributed by atoms with Gasteiger partial charge in [0.1, 0.15) is 5.82 Å². The van der Waals surface area contributed by atoms with Crippen molar-refractivity contribution >= 4 is 11.0 Å². The van der Waals surface area contributed by atoms with E-state index in [0.29, 0.717) is 6.54 Å². The number of aliphatic hydroxyl groups is 1. The minimum Gasteiger partial charge on any atom is -0.395 e. The Morgan fingerprint density at radius 3 is 2.82 bits per heavy atom. The predicted molar refractivity (Wildman–Crippen MR) is 68.8 cm³/mol. The van der Waals surface area contributed by atoms with Crippen LogP contribution < -0.4 is 5.73 Å². The highest BCUT2D eigenvalue weighted by Crippen LogP contribution is 2.17. The number of nitrogens with zero attached hydrogens (tertiary/aromatic N) is 2. The first kappa shape index (κ1) is 12.1. The fraction of sp³-hybridized carbons (Fsp3) is 0.462. The minimum absolute atomic E-state index is 0.143. The molecule has 3 N–H and O–H groups in total. The number of nitrogens with two attached hydrogens (primary N) is 1. The molecule has 0 aliphatic rings. The van der Waals surface area contributed by atoms with Crippen LogP contribution in [0, 0.1) is 0 Å². The van der Waals surface area contributed by atoms with Crippen molar-refractivity contribution in [2.75, 3.05) is 13.2 Å². The molecule has 1 heterocycles. The standard InChI is InChI=1S/C13H19N3O/c14-8-4-3-7-13-15-11-5-1-2-6-12(11)16(13)9-10-17/h1-2,5-6,17H,3-4,7-10,14H2. The van der Waals surface area contributed by atoms with E-state index < -0.39 is 0 Å². The quantitative estimate of drug-likeness (QED) is 0.739. The van der Waals surface area contributed by atoms with Crippen molar-refractivity contribution in [3.8, 4) is 0 Å². The lowest BCUT2D eigenvalue weighted by Crippen LogP contribution is -2.08. The lowest BCUT2D eigenvalue weighted by Gasteiger charge is -2.06. The number of fused-ring (bicyclic) bond motifs is 1. The maximum absolute atomic E-state index is 9.12. The molecule has 92 valence electrons. The molecule has 0 atom stereocenters. The summed E-state index contributed by atoms with van der Waals surface area (Å²) in [6.07, 6.45) is 2.99. The Hall–Kier alpha value is -1.39. The van der Waals surface area contributed by atoms with Crippen molar-refractivity contribution < 1.29 is 5.11 Å². The second-order valence-corrected chi connectivity index (χ2v) is 4.14. The van der Waals surface area contributed by atoms with Gasteiger partial charge in [0.2, 0.25) is 0 Å². The fourth-order valence-electron chi connectivity index (χ4n) is 2.09. The molecule has 1 aromatic heterocycles. The van der Waals surface area contributed by atoms with Crippen LogP contribution in [-0.2, 0) is 13.0 Å². The van der Waals surface area contributed by atoms with Gasteiger partial charge in [0.15, 0.2) is 0 Å². The monoisotopic (exact) mass is 233 g/mol. The molecule has 0 aliphatic carbocycles. The number of aliphatic hydroxyl groups excluding tert-OH is 1. The normalized spacial score (nSPS) is 11.2. The molecule has 0 aliphatic heterocycles. The molecule has 4 heteroatoms. The first-order valence-electron chi connectivity index (χ1n) is 6.12. The van der Waals surface area contributed by atoms with Crippen LogP contribution in [0.3, 0.4) is 0 Å². The molecule has 0 radical (unpaired) electrons. The Morgan fingerprint density at radius 2 is 2.06 bits per heavy atom. The molecule has 4 nitrogen and oxygen atoms in total. The van der Waals surface area contributed by atoms with E-state index >= 15 is 0 Å². The summed E-state index contributed by atoms with van der Waals surface area (Å²) in [7, 11) is 0. The number of aryl methyl sites for hydroxylation is 1. The molecule has 17 heavy (non-hydrogen) atoms. The highest BCUT2D eigenvalue weighted by Gasteiger charge is 2.08. The van der Waals surface area contributed by atoms with Crippen LogP contribution in [0.5, 0.6) is 0 Å². The van der Waals surface area contributed by atoms with Crippen LogP contribution in [0.1, 0.15) is 18.7 Å². The van der Waals surface area contributed by atoms with Crippen LogP contribution in [0.25, 0.3) is 11.0 Å². The van der Waals surface area contributed by atoms with Gasteiger partial charge in [-0.25, -0.2) is 4.98 Å². The van der Waals surface area contributed by atoms with Gasteiger partial charge >= 0.3 is 0 Å². The number of para-hydroxylation sites is 2. The minimum atomic E-state index is 0.143. The summed E-state index contributed by atoms with van der Waals surface area (Å²) >= 11 is 0. The Labute approximate surface area is 101 Å². The molecule has 1 aromatic carbocycles. The molecule has 0 saturated heterocycles. The number of hydrogen-bond acceptors (Lipinski definition) is 3. The molecule has 0 amide bonds. The molecule has 0 fully saturated rings. The highest BCUT2D eigenvalue weighted by molar-refractivity contribution is 5.75. The number of rotatable bonds is 6. The molecule has 0 saturated carbocycles. The summed E-state index contributed by atoms with van der Waals surface area (Å²) in [6, 6.07) is 8.05. The summed E-state index contributed by atoms with van der Waals surface area (Å²) in [5, 5.41) is 9.12. The van der Waals surface area contributed by atoms with Crippen LogP contribution in [0.2, 0.25) is 0 Å². The van der Waals surface area contributed by atoms with Gasteiger partial charge in [-0.3, -0.25) is 0 Å². The number of imidazole rings is 1. The Kier molecular flexibility index (Phi) is 4.12. The van der Waals surface area contributed by atoms with E-state index in [4.69, 9.17) is 10.8 Å². The summed E-state index contributed by atoms with van der Waals surface area (Å²) in [4.78, 5) is 4.61. The van der Waals surface area contributed by atoms with Crippen LogP contribution in [-0.4, -0.2) is 27.8 Å². The first-order chi connectivity index (χ1) is 8.36. The van der Waals surface area contributed by atoms with E-state index in [2.05, 4.69) is 9.55 Å². The van der Waals surface area contributed by atoms with Crippen molar-refractivity contribution in [2.24, 2.45) is 5.73 Å². The zero-order chi connectivity index (χ0) is 12.1. The van der Waals surface area contributed by atoms with Crippen molar-refractivity contribution in [3.63, 3.8) is 0 Å². The molecule has 2 rings (SSSR count). The summed E-state index contributed by atoms with van der Waals surface area (Å²) in [5.41, 5.74) is 7.60. The topological polar surface area (TPSA) is 64.1 Å². The van der Waals surface area contributed by atoms with E-state index in [0.717, 1.165) is 42.7 Å². The Bertz CT molecular complexity index is 478. The van der Waals surface area contributed by atoms with Crippen LogP contribution in [0.15, 0.2) is 24.3 Å². The van der Waals surface area contributed by atoms with E-state index in [9.17, 15) is 0 Å². The molecular formula is C13H19N3O. The third-order valence-electron chi connectivity index (χ3n) is 2.91. The molecule has 0 spiro atoms. The maximum Gasteiger partial charge on any atom is 0.109 e. The molecular weight excluding hydrogens is 214 g/mol. The molecule has 0 bridgehead atoms. The summed E-state index contributed by atoms with van der Waals surface area (Å²) < 4.78 is 2.10. The lowest BCUT2D eigenvalue weighted by molar-refractivity contribution is 0.276. The zero-order valence-corrected chi connectivity index (χ0v) is 9.97. The third kappa shape index (κ3) is 2.65. The summed E-state index contributed by atoms with van der Waals surface area (Å²) in [6.45, 7) is 1.48. The van der Waals surface area contributed by atoms with Gasteiger partial charge in [0.05, 0.1) is 17.6 Å². The van der Waals surface area contributed by atoms with E-state index in [1.807, 2.05) is 24.3 Å². The first-order valence-corrected chi connectivity index (χ1v) is 6.12. The van der Waals surface area contributed by atoms with Crippen LogP contribution in [0.4, 0.5) is 0 Å². The maximum atomic E-state index is 9.12. The van der Waals surface area contributed by atoms with E-state index in [-0.39, 0.29) is 6.61 Å². The zero-order valence-electron chi connectivity index (χ0n) is 9.97. The van der Waals surface area contributed by atoms with Crippen molar-refractivity contribution in [2.45, 2.75) is 25.8 Å². The van der Waals surface area contributed by atoms with Crippen LogP contribution >= 0.6 is 0 Å². The van der Waals surface area contributed by atoms with Gasteiger partial charge in [-0.05, 0) is 31.5 Å². The van der Waals surface area contributed by atoms with Gasteiger partial charge in [-0.1, -0.05) is 12.1 Å². The number of aromatic nitrogens is 2. The van der Waals surface area contributed by atoms with Gasteiger partial charge in [-0.2, -0.15) is 0 Å². The van der Waals surface area contributed by atoms with Crippen molar-refractivity contribution in [3.05, 3.63) is 30.1 Å². The number of unbranched alkanes of at least 4 members (excludes halogenated alkanes) is 1. The highest BCUT2D eigenvalue weighted by atomic mass is 16.3. The Balaban J connectivity index is 2.29. The fourth-order valence-corrected chi connectivity index (χ4v) is 2.09. The van der Waals surface area contributed by atoms with E-state index in [1.165, 1.54) is 0 Å². The number of hydrogen-bond donors (Lipinski definition) is 2. The SMILES string of the molecule is NCCCCc1nc2ccccc2n1CCO. The van der Waals surface area contributed by atoms with Gasteiger partial charge in [-0.15, -0.1) is 0 Å². The smallest absolute Gasteiger partial charge is 0.109 e. The number of benzene rings is 1. The largest absolute Gasteiger partial charge is 0.395 e. The average Bonchev–Trinajstić information content (AvgIpc) is 2.69. The van der Waals surface area contributed by atoms with Gasteiger partial charge in [0.25, 0.3) is 0 Å². The molecule has 2 aromatic rings. The lowest BCUT2D eigenvalue weighted by atomic mass is 10.2. The second-order valence-electron chi connectivity index (χ2n) is 4.14. The van der Waals surface area contributed by atoms with E-state index in [1.54, 1.807) is 0 Å². The average molecular weight is 233 g/mol. The third-order valence-corrected chi connectivity index (χ3v) is 2.91. The second kappa shape index (κ2) is 5.80. The van der Waals surface area contributed by atoms with Gasteiger partial charge < -0.3 is 15.4 Å². The summed E-state index contributed by atoms with van der Waals surface area (Å²) in [5.74, 6) is 1.05. The van der Waals surface area contributed by atoms with Gasteiger partial charge in [0, 0.05) is 13.0 Å². The Morgan fingerprint density at radius 1 is 1.24 bits per heavy atom. The molecule has 0 unspecified atom stereocenters. The van der Waals surface area contributed by atoms with Crippen molar-refractivity contribution in [1.82, 2.24) is 9.55 Å². The predicted octanol–water partition coefficient (Wildman–Crippen LogP) is 1.31.